The van der Waals surface area contributed by atoms with Crippen LogP contribution in [0, 0.1) is 5.41 Å². The fourth-order valence-electron chi connectivity index (χ4n) is 3.42. The Kier molecular flexibility index (Phi) is 4.44. The molecule has 0 radical (unpaired) electrons. The highest BCUT2D eigenvalue weighted by Gasteiger charge is 2.34. The molecule has 2 heteroatoms. The molecule has 27 heavy (non-hydrogen) atoms. The molecule has 0 fully saturated rings. The molecule has 4 aromatic carbocycles. The van der Waals surface area contributed by atoms with Gasteiger partial charge in [0.2, 0.25) is 0 Å². The Balaban J connectivity index is 1.85. The van der Waals surface area contributed by atoms with Gasteiger partial charge in [0.25, 0.3) is 0 Å². The second kappa shape index (κ2) is 6.54. The van der Waals surface area contributed by atoms with Gasteiger partial charge in [-0.25, -0.2) is 0 Å². The molecule has 0 aliphatic heterocycles. The monoisotopic (exact) mass is 374 g/mol. The molecule has 1 N–H and O–H groups in total. The van der Waals surface area contributed by atoms with Crippen molar-refractivity contribution < 1.29 is 5.11 Å². The number of aliphatic hydroxyl groups is 1. The van der Waals surface area contributed by atoms with Gasteiger partial charge in [0, 0.05) is 16.1 Å². The number of rotatable bonds is 4. The van der Waals surface area contributed by atoms with Gasteiger partial charge in [-0.1, -0.05) is 68.4 Å². The van der Waals surface area contributed by atoms with E-state index < -0.39 is 5.60 Å². The van der Waals surface area contributed by atoms with Crippen LogP contribution in [-0.2, 0) is 0 Å². The Bertz CT molecular complexity index is 1100. The molecule has 0 bridgehead atoms. The highest BCUT2D eigenvalue weighted by Crippen LogP contribution is 2.39. The van der Waals surface area contributed by atoms with E-state index in [0.29, 0.717) is 0 Å². The van der Waals surface area contributed by atoms with Crippen molar-refractivity contribution in [1.29, 1.82) is 0 Å². The third-order valence-electron chi connectivity index (χ3n) is 5.97. The number of benzene rings is 4. The Hall–Kier alpha value is -2.03. The largest absolute Gasteiger partial charge is 0.390 e. The maximum absolute atomic E-state index is 10.4. The van der Waals surface area contributed by atoms with Crippen molar-refractivity contribution in [3.63, 3.8) is 0 Å². The Labute approximate surface area is 165 Å². The van der Waals surface area contributed by atoms with E-state index in [1.807, 2.05) is 25.6 Å². The van der Waals surface area contributed by atoms with E-state index in [0.717, 1.165) is 5.75 Å². The van der Waals surface area contributed by atoms with Crippen molar-refractivity contribution in [3.05, 3.63) is 66.7 Å². The minimum Gasteiger partial charge on any atom is -0.390 e. The van der Waals surface area contributed by atoms with Crippen LogP contribution < -0.4 is 0 Å². The summed E-state index contributed by atoms with van der Waals surface area (Å²) in [6, 6.07) is 24.1. The predicted molar refractivity (Wildman–Crippen MR) is 120 cm³/mol. The van der Waals surface area contributed by atoms with Crippen molar-refractivity contribution in [3.8, 4) is 0 Å². The fraction of sp³-hybridized carbons (Fsp3) is 0.280. The van der Waals surface area contributed by atoms with E-state index in [2.05, 4.69) is 80.6 Å². The molecular weight excluding hydrogens is 348 g/mol. The van der Waals surface area contributed by atoms with E-state index in [4.69, 9.17) is 0 Å². The summed E-state index contributed by atoms with van der Waals surface area (Å²) in [6.45, 7) is 8.05. The highest BCUT2D eigenvalue weighted by molar-refractivity contribution is 7.99. The molecule has 4 aromatic rings. The minimum atomic E-state index is -0.709. The lowest BCUT2D eigenvalue weighted by Gasteiger charge is -2.37. The normalized spacial score (nSPS) is 12.9. The topological polar surface area (TPSA) is 20.2 Å². The lowest BCUT2D eigenvalue weighted by molar-refractivity contribution is -0.0210. The average Bonchev–Trinajstić information content (AvgIpc) is 2.65. The molecule has 0 unspecified atom stereocenters. The van der Waals surface area contributed by atoms with Gasteiger partial charge in [-0.2, -0.15) is 0 Å². The summed E-state index contributed by atoms with van der Waals surface area (Å²) in [5.41, 5.74) is -0.877. The molecule has 0 aliphatic carbocycles. The Morgan fingerprint density at radius 3 is 1.59 bits per heavy atom. The van der Waals surface area contributed by atoms with Gasteiger partial charge in [-0.05, 0) is 58.3 Å². The van der Waals surface area contributed by atoms with Gasteiger partial charge in [0.05, 0.1) is 5.60 Å². The van der Waals surface area contributed by atoms with Gasteiger partial charge in [-0.3, -0.25) is 0 Å². The lowest BCUT2D eigenvalue weighted by Crippen LogP contribution is -2.40. The summed E-state index contributed by atoms with van der Waals surface area (Å²) in [6.07, 6.45) is 0. The van der Waals surface area contributed by atoms with Crippen molar-refractivity contribution in [2.75, 3.05) is 5.75 Å². The Morgan fingerprint density at radius 2 is 1.11 bits per heavy atom. The minimum absolute atomic E-state index is 0.169. The fourth-order valence-corrected chi connectivity index (χ4v) is 4.66. The van der Waals surface area contributed by atoms with E-state index in [-0.39, 0.29) is 5.41 Å². The molecule has 0 amide bonds. The quantitative estimate of drug-likeness (QED) is 0.305. The molecule has 1 nitrogen and oxygen atoms in total. The van der Waals surface area contributed by atoms with Crippen LogP contribution in [0.2, 0.25) is 0 Å². The smallest absolute Gasteiger partial charge is 0.0650 e. The van der Waals surface area contributed by atoms with Crippen molar-refractivity contribution >= 4 is 44.1 Å². The maximum atomic E-state index is 10.4. The molecule has 0 aliphatic rings. The third-order valence-corrected chi connectivity index (χ3v) is 7.42. The molecular formula is C25H26OS. The number of hydrogen-bond acceptors (Lipinski definition) is 2. The Morgan fingerprint density at radius 1 is 0.667 bits per heavy atom. The molecule has 0 heterocycles. The van der Waals surface area contributed by atoms with Crippen molar-refractivity contribution in [2.24, 2.45) is 5.41 Å². The molecule has 138 valence electrons. The molecule has 4 rings (SSSR count). The van der Waals surface area contributed by atoms with Crippen LogP contribution in [0.1, 0.15) is 27.7 Å². The summed E-state index contributed by atoms with van der Waals surface area (Å²) in [5, 5.41) is 18.3. The first-order chi connectivity index (χ1) is 12.8. The first-order valence-corrected chi connectivity index (χ1v) is 10.4. The van der Waals surface area contributed by atoms with Gasteiger partial charge in [0.1, 0.15) is 0 Å². The summed E-state index contributed by atoms with van der Waals surface area (Å²) in [4.78, 5) is 1.25. The van der Waals surface area contributed by atoms with Crippen LogP contribution in [0.25, 0.3) is 32.3 Å². The summed E-state index contributed by atoms with van der Waals surface area (Å²) >= 11 is 1.82. The van der Waals surface area contributed by atoms with Gasteiger partial charge in [0.15, 0.2) is 0 Å². The second-order valence-corrected chi connectivity index (χ2v) is 9.58. The maximum Gasteiger partial charge on any atom is 0.0650 e. The van der Waals surface area contributed by atoms with Crippen LogP contribution in [0.15, 0.2) is 71.6 Å². The zero-order valence-corrected chi connectivity index (χ0v) is 17.2. The van der Waals surface area contributed by atoms with Crippen LogP contribution in [0.3, 0.4) is 0 Å². The molecule has 0 saturated carbocycles. The van der Waals surface area contributed by atoms with E-state index in [1.165, 1.54) is 37.2 Å². The molecule has 0 spiro atoms. The lowest BCUT2D eigenvalue weighted by atomic mass is 9.79. The van der Waals surface area contributed by atoms with Gasteiger partial charge in [-0.15, -0.1) is 11.8 Å². The summed E-state index contributed by atoms with van der Waals surface area (Å²) in [7, 11) is 0. The SMILES string of the molecule is CC(C)(O)C(C)(C)CSc1ccc2c3ccccc3c3ccccc3c2c1. The van der Waals surface area contributed by atoms with Gasteiger partial charge < -0.3 is 5.11 Å². The van der Waals surface area contributed by atoms with Crippen molar-refractivity contribution in [2.45, 2.75) is 38.2 Å². The first kappa shape index (κ1) is 18.3. The zero-order chi connectivity index (χ0) is 19.2. The van der Waals surface area contributed by atoms with E-state index >= 15 is 0 Å². The van der Waals surface area contributed by atoms with Gasteiger partial charge >= 0.3 is 0 Å². The molecule has 0 saturated heterocycles. The number of thioether (sulfide) groups is 1. The molecule has 0 aromatic heterocycles. The number of fused-ring (bicyclic) bond motifs is 6. The number of hydrogen-bond donors (Lipinski definition) is 1. The molecule has 0 atom stereocenters. The standard InChI is InChI=1S/C25H26OS/c1-24(2,25(3,4)26)16-27-17-13-14-22-20-11-6-5-9-18(20)19-10-7-8-12-21(19)23(22)15-17/h5-15,26H,16H2,1-4H3. The van der Waals surface area contributed by atoms with Crippen LogP contribution in [0.4, 0.5) is 0 Å². The predicted octanol–water partition coefficient (Wildman–Crippen LogP) is 7.04. The van der Waals surface area contributed by atoms with Crippen LogP contribution in [-0.4, -0.2) is 16.5 Å². The highest BCUT2D eigenvalue weighted by atomic mass is 32.2. The van der Waals surface area contributed by atoms with Crippen molar-refractivity contribution in [1.82, 2.24) is 0 Å². The second-order valence-electron chi connectivity index (χ2n) is 8.53. The van der Waals surface area contributed by atoms with E-state index in [1.54, 1.807) is 0 Å². The first-order valence-electron chi connectivity index (χ1n) is 9.46. The average molecular weight is 375 g/mol. The zero-order valence-electron chi connectivity index (χ0n) is 16.4. The third kappa shape index (κ3) is 3.22. The summed E-state index contributed by atoms with van der Waals surface area (Å²) in [5.74, 6) is 0.869. The summed E-state index contributed by atoms with van der Waals surface area (Å²) < 4.78 is 0. The van der Waals surface area contributed by atoms with E-state index in [9.17, 15) is 5.11 Å². The van der Waals surface area contributed by atoms with Crippen LogP contribution >= 0.6 is 11.8 Å². The van der Waals surface area contributed by atoms with Crippen LogP contribution in [0.5, 0.6) is 0 Å².